The molecular formula is C14H20N2O2. The molecular weight excluding hydrogens is 228 g/mol. The topological polar surface area (TPSA) is 61.2 Å². The summed E-state index contributed by atoms with van der Waals surface area (Å²) >= 11 is 0. The Morgan fingerprint density at radius 1 is 1.17 bits per heavy atom. The van der Waals surface area contributed by atoms with E-state index in [0.29, 0.717) is 12.8 Å². The third-order valence-corrected chi connectivity index (χ3v) is 4.30. The van der Waals surface area contributed by atoms with Crippen LogP contribution in [0.3, 0.4) is 0 Å². The molecule has 1 aliphatic heterocycles. The Bertz CT molecular complexity index is 383. The number of amides is 2. The van der Waals surface area contributed by atoms with Crippen LogP contribution in [-0.2, 0) is 9.59 Å². The predicted molar refractivity (Wildman–Crippen MR) is 66.2 cm³/mol. The van der Waals surface area contributed by atoms with Crippen molar-refractivity contribution in [1.82, 2.24) is 4.90 Å². The summed E-state index contributed by atoms with van der Waals surface area (Å²) in [5.74, 6) is -0.303. The van der Waals surface area contributed by atoms with E-state index >= 15 is 0 Å². The van der Waals surface area contributed by atoms with E-state index < -0.39 is 6.04 Å². The average molecular weight is 248 g/mol. The van der Waals surface area contributed by atoms with Crippen LogP contribution in [0.1, 0.15) is 52.4 Å². The highest BCUT2D eigenvalue weighted by molar-refractivity contribution is 5.99. The van der Waals surface area contributed by atoms with Crippen molar-refractivity contribution in [2.24, 2.45) is 11.3 Å². The quantitative estimate of drug-likeness (QED) is 0.704. The number of likely N-dealkylation sites (tertiary alicyclic amines) is 1. The smallest absolute Gasteiger partial charge is 0.230 e. The Kier molecular flexibility index (Phi) is 3.43. The summed E-state index contributed by atoms with van der Waals surface area (Å²) in [4.78, 5) is 25.7. The summed E-state index contributed by atoms with van der Waals surface area (Å²) in [6.45, 7) is 3.74. The fourth-order valence-corrected chi connectivity index (χ4v) is 3.31. The van der Waals surface area contributed by atoms with Gasteiger partial charge in [0.25, 0.3) is 0 Å². The second-order valence-corrected chi connectivity index (χ2v) is 6.04. The molecule has 1 aliphatic carbocycles. The van der Waals surface area contributed by atoms with Crippen molar-refractivity contribution in [3.8, 4) is 6.07 Å². The molecule has 98 valence electrons. The van der Waals surface area contributed by atoms with Crippen molar-refractivity contribution in [2.45, 2.75) is 58.4 Å². The molecule has 4 heteroatoms. The molecule has 0 aromatic carbocycles. The molecule has 0 N–H and O–H groups in total. The minimum absolute atomic E-state index is 0.0134. The Hall–Kier alpha value is -1.37. The van der Waals surface area contributed by atoms with E-state index in [-0.39, 0.29) is 23.1 Å². The zero-order valence-corrected chi connectivity index (χ0v) is 11.1. The summed E-state index contributed by atoms with van der Waals surface area (Å²) in [6.07, 6.45) is 5.10. The Labute approximate surface area is 108 Å². The zero-order valence-electron chi connectivity index (χ0n) is 11.1. The van der Waals surface area contributed by atoms with E-state index in [4.69, 9.17) is 5.26 Å². The van der Waals surface area contributed by atoms with Crippen LogP contribution in [-0.4, -0.2) is 22.8 Å². The lowest BCUT2D eigenvalue weighted by Gasteiger charge is -2.39. The summed E-state index contributed by atoms with van der Waals surface area (Å²) in [6, 6.07) is 1.49. The molecule has 0 bridgehead atoms. The molecule has 1 unspecified atom stereocenters. The molecule has 1 saturated heterocycles. The average Bonchev–Trinajstić information content (AvgIpc) is 2.70. The maximum atomic E-state index is 12.2. The summed E-state index contributed by atoms with van der Waals surface area (Å²) in [5.41, 5.74) is -0.0817. The van der Waals surface area contributed by atoms with Crippen LogP contribution < -0.4 is 0 Å². The van der Waals surface area contributed by atoms with Crippen LogP contribution in [0.5, 0.6) is 0 Å². The first-order valence-electron chi connectivity index (χ1n) is 6.74. The van der Waals surface area contributed by atoms with Gasteiger partial charge >= 0.3 is 0 Å². The molecule has 2 amide bonds. The van der Waals surface area contributed by atoms with Gasteiger partial charge in [0.15, 0.2) is 0 Å². The highest BCUT2D eigenvalue weighted by atomic mass is 16.2. The molecule has 1 atom stereocenters. The first-order valence-corrected chi connectivity index (χ1v) is 6.74. The maximum Gasteiger partial charge on any atom is 0.230 e. The van der Waals surface area contributed by atoms with Crippen LogP contribution in [0.4, 0.5) is 0 Å². The van der Waals surface area contributed by atoms with Crippen molar-refractivity contribution in [3.05, 3.63) is 0 Å². The monoisotopic (exact) mass is 248 g/mol. The minimum atomic E-state index is -0.608. The largest absolute Gasteiger partial charge is 0.274 e. The third-order valence-electron chi connectivity index (χ3n) is 4.30. The van der Waals surface area contributed by atoms with Crippen molar-refractivity contribution in [3.63, 3.8) is 0 Å². The van der Waals surface area contributed by atoms with Gasteiger partial charge in [-0.2, -0.15) is 5.26 Å². The second kappa shape index (κ2) is 4.72. The van der Waals surface area contributed by atoms with Crippen LogP contribution >= 0.6 is 0 Å². The molecule has 0 radical (unpaired) electrons. The number of hydrogen-bond acceptors (Lipinski definition) is 3. The lowest BCUT2D eigenvalue weighted by Crippen LogP contribution is -2.53. The first kappa shape index (κ1) is 13.1. The standard InChI is InChI=1S/C14H20N2O2/c1-10(2)11(9-15)16-12(17)7-14(8-13(16)18)5-3-4-6-14/h10-11H,3-8H2,1-2H3. The number of nitrogens with zero attached hydrogens (tertiary/aromatic N) is 2. The SMILES string of the molecule is CC(C)C(C#N)N1C(=O)CC2(CCCC2)CC1=O. The molecule has 2 aliphatic rings. The van der Waals surface area contributed by atoms with Gasteiger partial charge in [-0.05, 0) is 24.2 Å². The van der Waals surface area contributed by atoms with Crippen molar-refractivity contribution in [1.29, 1.82) is 5.26 Å². The molecule has 1 saturated carbocycles. The summed E-state index contributed by atoms with van der Waals surface area (Å²) < 4.78 is 0. The van der Waals surface area contributed by atoms with Crippen LogP contribution in [0.15, 0.2) is 0 Å². The molecule has 0 aromatic rings. The van der Waals surface area contributed by atoms with Crippen LogP contribution in [0, 0.1) is 22.7 Å². The highest BCUT2D eigenvalue weighted by Crippen LogP contribution is 2.47. The normalized spacial score (nSPS) is 24.7. The minimum Gasteiger partial charge on any atom is -0.274 e. The molecule has 2 fully saturated rings. The Balaban J connectivity index is 2.19. The number of hydrogen-bond donors (Lipinski definition) is 0. The van der Waals surface area contributed by atoms with Crippen LogP contribution in [0.2, 0.25) is 0 Å². The van der Waals surface area contributed by atoms with Crippen molar-refractivity contribution < 1.29 is 9.59 Å². The maximum absolute atomic E-state index is 12.2. The van der Waals surface area contributed by atoms with Crippen molar-refractivity contribution >= 4 is 11.8 Å². The van der Waals surface area contributed by atoms with E-state index in [9.17, 15) is 9.59 Å². The molecule has 18 heavy (non-hydrogen) atoms. The lowest BCUT2D eigenvalue weighted by atomic mass is 9.75. The van der Waals surface area contributed by atoms with Gasteiger partial charge in [0.05, 0.1) is 6.07 Å². The van der Waals surface area contributed by atoms with Gasteiger partial charge in [0.2, 0.25) is 11.8 Å². The first-order chi connectivity index (χ1) is 8.49. The Morgan fingerprint density at radius 3 is 2.06 bits per heavy atom. The number of imide groups is 1. The summed E-state index contributed by atoms with van der Waals surface area (Å²) in [5, 5.41) is 9.14. The third kappa shape index (κ3) is 2.14. The zero-order chi connectivity index (χ0) is 13.3. The van der Waals surface area contributed by atoms with Gasteiger partial charge < -0.3 is 0 Å². The molecule has 1 spiro atoms. The second-order valence-electron chi connectivity index (χ2n) is 6.04. The van der Waals surface area contributed by atoms with Gasteiger partial charge in [-0.1, -0.05) is 26.7 Å². The van der Waals surface area contributed by atoms with E-state index in [1.54, 1.807) is 0 Å². The van der Waals surface area contributed by atoms with Gasteiger partial charge in [0, 0.05) is 12.8 Å². The lowest BCUT2D eigenvalue weighted by molar-refractivity contribution is -0.156. The molecule has 1 heterocycles. The van der Waals surface area contributed by atoms with Crippen molar-refractivity contribution in [2.75, 3.05) is 0 Å². The molecule has 2 rings (SSSR count). The number of nitriles is 1. The van der Waals surface area contributed by atoms with E-state index in [1.807, 2.05) is 13.8 Å². The summed E-state index contributed by atoms with van der Waals surface area (Å²) in [7, 11) is 0. The van der Waals surface area contributed by atoms with Gasteiger partial charge in [-0.25, -0.2) is 0 Å². The number of carbonyl (C=O) groups is 2. The van der Waals surface area contributed by atoms with Gasteiger partial charge in [-0.15, -0.1) is 0 Å². The van der Waals surface area contributed by atoms with E-state index in [1.165, 1.54) is 4.90 Å². The predicted octanol–water partition coefficient (Wildman–Crippen LogP) is 2.24. The molecule has 4 nitrogen and oxygen atoms in total. The fraction of sp³-hybridized carbons (Fsp3) is 0.786. The van der Waals surface area contributed by atoms with E-state index in [2.05, 4.69) is 6.07 Å². The Morgan fingerprint density at radius 2 is 1.67 bits per heavy atom. The molecule has 0 aromatic heterocycles. The van der Waals surface area contributed by atoms with Crippen LogP contribution in [0.25, 0.3) is 0 Å². The van der Waals surface area contributed by atoms with E-state index in [0.717, 1.165) is 25.7 Å². The van der Waals surface area contributed by atoms with Gasteiger partial charge in [-0.3, -0.25) is 14.5 Å². The number of carbonyl (C=O) groups excluding carboxylic acids is 2. The number of piperidine rings is 1. The fourth-order valence-electron chi connectivity index (χ4n) is 3.31. The highest BCUT2D eigenvalue weighted by Gasteiger charge is 2.47. The van der Waals surface area contributed by atoms with Gasteiger partial charge in [0.1, 0.15) is 6.04 Å². The number of rotatable bonds is 2.